The SMILES string of the molecule is CCNC(=NCC(C)(C)CN(C)C)N1CCCC2(CNC(=O)C2)C1. The Morgan fingerprint density at radius 2 is 2.21 bits per heavy atom. The van der Waals surface area contributed by atoms with E-state index in [1.54, 1.807) is 0 Å². The van der Waals surface area contributed by atoms with E-state index in [4.69, 9.17) is 4.99 Å². The number of nitrogens with zero attached hydrogens (tertiary/aromatic N) is 3. The van der Waals surface area contributed by atoms with E-state index < -0.39 is 0 Å². The normalized spacial score (nSPS) is 25.5. The van der Waals surface area contributed by atoms with Crippen molar-refractivity contribution in [1.82, 2.24) is 20.4 Å². The third-order valence-corrected chi connectivity index (χ3v) is 4.89. The number of guanidine groups is 1. The molecule has 2 fully saturated rings. The van der Waals surface area contributed by atoms with Crippen LogP contribution in [0.3, 0.4) is 0 Å². The summed E-state index contributed by atoms with van der Waals surface area (Å²) in [7, 11) is 4.21. The van der Waals surface area contributed by atoms with Gasteiger partial charge in [0.15, 0.2) is 5.96 Å². The minimum absolute atomic E-state index is 0.102. The highest BCUT2D eigenvalue weighted by Gasteiger charge is 2.42. The first-order chi connectivity index (χ1) is 11.3. The van der Waals surface area contributed by atoms with E-state index in [1.807, 2.05) is 0 Å². The number of amides is 1. The van der Waals surface area contributed by atoms with E-state index in [-0.39, 0.29) is 16.7 Å². The van der Waals surface area contributed by atoms with Gasteiger partial charge in [-0.15, -0.1) is 0 Å². The molecule has 0 aromatic heterocycles. The van der Waals surface area contributed by atoms with Crippen LogP contribution < -0.4 is 10.6 Å². The van der Waals surface area contributed by atoms with E-state index in [1.165, 1.54) is 0 Å². The van der Waals surface area contributed by atoms with Gasteiger partial charge in [-0.2, -0.15) is 0 Å². The first-order valence-electron chi connectivity index (χ1n) is 9.20. The lowest BCUT2D eigenvalue weighted by Crippen LogP contribution is -2.51. The molecule has 0 aliphatic carbocycles. The van der Waals surface area contributed by atoms with Gasteiger partial charge in [0, 0.05) is 51.1 Å². The molecular formula is C18H35N5O. The van der Waals surface area contributed by atoms with Crippen molar-refractivity contribution < 1.29 is 4.79 Å². The molecule has 0 bridgehead atoms. The summed E-state index contributed by atoms with van der Waals surface area (Å²) in [5.41, 5.74) is 0.243. The maximum absolute atomic E-state index is 11.7. The molecule has 1 atom stereocenters. The molecule has 2 saturated heterocycles. The van der Waals surface area contributed by atoms with Gasteiger partial charge in [0.1, 0.15) is 0 Å². The average Bonchev–Trinajstić information content (AvgIpc) is 2.82. The van der Waals surface area contributed by atoms with Gasteiger partial charge in [-0.3, -0.25) is 9.79 Å². The van der Waals surface area contributed by atoms with Gasteiger partial charge in [-0.1, -0.05) is 13.8 Å². The third-order valence-electron chi connectivity index (χ3n) is 4.89. The van der Waals surface area contributed by atoms with E-state index in [9.17, 15) is 4.79 Å². The first-order valence-corrected chi connectivity index (χ1v) is 9.20. The van der Waals surface area contributed by atoms with Crippen LogP contribution in [0, 0.1) is 10.8 Å². The minimum atomic E-state index is 0.102. The van der Waals surface area contributed by atoms with Crippen LogP contribution >= 0.6 is 0 Å². The van der Waals surface area contributed by atoms with Crippen LogP contribution in [0.2, 0.25) is 0 Å². The summed E-state index contributed by atoms with van der Waals surface area (Å²) >= 11 is 0. The Balaban J connectivity index is 2.06. The number of nitrogens with one attached hydrogen (secondary N) is 2. The predicted octanol–water partition coefficient (Wildman–Crippen LogP) is 1.14. The fraction of sp³-hybridized carbons (Fsp3) is 0.889. The molecule has 2 aliphatic rings. The van der Waals surface area contributed by atoms with Crippen molar-refractivity contribution in [2.75, 3.05) is 53.4 Å². The fourth-order valence-corrected chi connectivity index (χ4v) is 4.05. The molecule has 24 heavy (non-hydrogen) atoms. The number of carbonyl (C=O) groups excluding carboxylic acids is 1. The number of carbonyl (C=O) groups is 1. The van der Waals surface area contributed by atoms with Crippen LogP contribution in [0.15, 0.2) is 4.99 Å². The summed E-state index contributed by atoms with van der Waals surface area (Å²) in [5, 5.41) is 6.47. The lowest BCUT2D eigenvalue weighted by Gasteiger charge is -2.41. The number of hydrogen-bond donors (Lipinski definition) is 2. The van der Waals surface area contributed by atoms with Crippen LogP contribution in [-0.4, -0.2) is 75.0 Å². The summed E-state index contributed by atoms with van der Waals surface area (Å²) in [5.74, 6) is 1.20. The van der Waals surface area contributed by atoms with Gasteiger partial charge in [0.2, 0.25) is 5.91 Å². The zero-order valence-electron chi connectivity index (χ0n) is 16.1. The van der Waals surface area contributed by atoms with Gasteiger partial charge in [0.25, 0.3) is 0 Å². The van der Waals surface area contributed by atoms with Crippen molar-refractivity contribution in [2.45, 2.75) is 40.0 Å². The topological polar surface area (TPSA) is 60.0 Å². The summed E-state index contributed by atoms with van der Waals surface area (Å²) in [6, 6.07) is 0. The van der Waals surface area contributed by atoms with Gasteiger partial charge in [-0.05, 0) is 39.3 Å². The molecule has 2 aliphatic heterocycles. The molecule has 6 heteroatoms. The van der Waals surface area contributed by atoms with Crippen molar-refractivity contribution in [3.05, 3.63) is 0 Å². The van der Waals surface area contributed by atoms with Crippen molar-refractivity contribution >= 4 is 11.9 Å². The Morgan fingerprint density at radius 1 is 1.46 bits per heavy atom. The monoisotopic (exact) mass is 337 g/mol. The molecule has 1 spiro atoms. The zero-order valence-corrected chi connectivity index (χ0v) is 16.1. The average molecular weight is 338 g/mol. The number of aliphatic imine (C=N–C) groups is 1. The number of hydrogen-bond acceptors (Lipinski definition) is 3. The lowest BCUT2D eigenvalue weighted by atomic mass is 9.79. The molecule has 0 aromatic carbocycles. The Labute approximate surface area is 147 Å². The maximum atomic E-state index is 11.7. The standard InChI is InChI=1S/C18H35N5O/c1-6-19-16(21-11-17(2,3)13-22(4)5)23-9-7-8-18(14-23)10-15(24)20-12-18/h6-14H2,1-5H3,(H,19,21)(H,20,24). The summed E-state index contributed by atoms with van der Waals surface area (Å²) in [6.45, 7) is 12.1. The van der Waals surface area contributed by atoms with Crippen molar-refractivity contribution in [1.29, 1.82) is 0 Å². The van der Waals surface area contributed by atoms with Crippen molar-refractivity contribution in [3.63, 3.8) is 0 Å². The first kappa shape index (κ1) is 19.0. The maximum Gasteiger partial charge on any atom is 0.220 e. The molecule has 2 rings (SSSR count). The highest BCUT2D eigenvalue weighted by atomic mass is 16.1. The largest absolute Gasteiger partial charge is 0.357 e. The Hall–Kier alpha value is -1.30. The summed E-state index contributed by atoms with van der Waals surface area (Å²) in [4.78, 5) is 21.2. The Morgan fingerprint density at radius 3 is 2.79 bits per heavy atom. The smallest absolute Gasteiger partial charge is 0.220 e. The molecule has 0 aromatic rings. The summed E-state index contributed by atoms with van der Waals surface area (Å²) in [6.07, 6.45) is 2.92. The van der Waals surface area contributed by atoms with E-state index in [0.29, 0.717) is 6.42 Å². The van der Waals surface area contributed by atoms with Gasteiger partial charge in [0.05, 0.1) is 0 Å². The fourth-order valence-electron chi connectivity index (χ4n) is 4.05. The predicted molar refractivity (Wildman–Crippen MR) is 99.2 cm³/mol. The Bertz CT molecular complexity index is 474. The van der Waals surface area contributed by atoms with Crippen LogP contribution in [0.4, 0.5) is 0 Å². The van der Waals surface area contributed by atoms with Crippen molar-refractivity contribution in [3.8, 4) is 0 Å². The molecule has 2 N–H and O–H groups in total. The van der Waals surface area contributed by atoms with Crippen LogP contribution in [0.1, 0.15) is 40.0 Å². The zero-order chi connectivity index (χ0) is 17.8. The molecule has 6 nitrogen and oxygen atoms in total. The van der Waals surface area contributed by atoms with Gasteiger partial charge >= 0.3 is 0 Å². The quantitative estimate of drug-likeness (QED) is 0.583. The van der Waals surface area contributed by atoms with Crippen LogP contribution in [-0.2, 0) is 4.79 Å². The third kappa shape index (κ3) is 5.10. The molecule has 138 valence electrons. The van der Waals surface area contributed by atoms with Crippen LogP contribution in [0.25, 0.3) is 0 Å². The number of piperidine rings is 1. The Kier molecular flexibility index (Phi) is 6.12. The number of likely N-dealkylation sites (tertiary alicyclic amines) is 1. The van der Waals surface area contributed by atoms with Crippen molar-refractivity contribution in [2.24, 2.45) is 15.8 Å². The molecule has 2 heterocycles. The van der Waals surface area contributed by atoms with Gasteiger partial charge in [-0.25, -0.2) is 0 Å². The van der Waals surface area contributed by atoms with E-state index >= 15 is 0 Å². The second-order valence-electron chi connectivity index (χ2n) is 8.55. The highest BCUT2D eigenvalue weighted by Crippen LogP contribution is 2.36. The molecular weight excluding hydrogens is 302 g/mol. The number of rotatable bonds is 5. The minimum Gasteiger partial charge on any atom is -0.357 e. The summed E-state index contributed by atoms with van der Waals surface area (Å²) < 4.78 is 0. The van der Waals surface area contributed by atoms with Gasteiger partial charge < -0.3 is 20.4 Å². The molecule has 1 amide bonds. The molecule has 1 unspecified atom stereocenters. The van der Waals surface area contributed by atoms with E-state index in [2.05, 4.69) is 55.3 Å². The lowest BCUT2D eigenvalue weighted by molar-refractivity contribution is -0.119. The molecule has 0 saturated carbocycles. The molecule has 0 radical (unpaired) electrons. The highest BCUT2D eigenvalue weighted by molar-refractivity contribution is 5.81. The second kappa shape index (κ2) is 7.72. The second-order valence-corrected chi connectivity index (χ2v) is 8.55. The van der Waals surface area contributed by atoms with E-state index in [0.717, 1.165) is 58.1 Å². The van der Waals surface area contributed by atoms with Crippen LogP contribution in [0.5, 0.6) is 0 Å².